The van der Waals surface area contributed by atoms with Crippen molar-refractivity contribution in [3.63, 3.8) is 0 Å². The van der Waals surface area contributed by atoms with Gasteiger partial charge in [0.1, 0.15) is 6.33 Å². The lowest BCUT2D eigenvalue weighted by Gasteiger charge is -2.16. The van der Waals surface area contributed by atoms with Crippen molar-refractivity contribution in [2.24, 2.45) is 5.92 Å². The summed E-state index contributed by atoms with van der Waals surface area (Å²) in [4.78, 5) is 21.9. The lowest BCUT2D eigenvalue weighted by Crippen LogP contribution is -2.29. The molecule has 0 bridgehead atoms. The first-order valence-corrected chi connectivity index (χ1v) is 10.8. The van der Waals surface area contributed by atoms with E-state index in [-0.39, 0.29) is 10.6 Å². The molecule has 0 saturated heterocycles. The third kappa shape index (κ3) is 5.48. The molecule has 1 saturated carbocycles. The van der Waals surface area contributed by atoms with Crippen molar-refractivity contribution in [1.29, 1.82) is 0 Å². The van der Waals surface area contributed by atoms with Gasteiger partial charge < -0.3 is 10.6 Å². The SMILES string of the molecule is CC(NC(=O)c1cc(Cl)cc(C(F)(F)F)c1)c1ncnn1-c1ccc(NC(=S)C2CC2)cn1. The van der Waals surface area contributed by atoms with Crippen LogP contribution in [0, 0.1) is 5.92 Å². The number of thiocarbonyl (C=S) groups is 1. The van der Waals surface area contributed by atoms with E-state index in [9.17, 15) is 18.0 Å². The van der Waals surface area contributed by atoms with E-state index in [0.717, 1.165) is 35.7 Å². The van der Waals surface area contributed by atoms with Gasteiger partial charge in [0.15, 0.2) is 11.6 Å². The first kappa shape index (κ1) is 23.1. The molecule has 1 atom stereocenters. The molecule has 12 heteroatoms. The highest BCUT2D eigenvalue weighted by Crippen LogP contribution is 2.32. The molecule has 4 rings (SSSR count). The number of amides is 1. The number of alkyl halides is 3. The van der Waals surface area contributed by atoms with E-state index in [1.54, 1.807) is 25.3 Å². The van der Waals surface area contributed by atoms with Gasteiger partial charge in [-0.15, -0.1) is 0 Å². The van der Waals surface area contributed by atoms with Crippen LogP contribution in [0.25, 0.3) is 5.82 Å². The normalized spacial score (nSPS) is 14.6. The Morgan fingerprint density at radius 3 is 2.64 bits per heavy atom. The van der Waals surface area contributed by atoms with Crippen LogP contribution in [-0.2, 0) is 6.18 Å². The second kappa shape index (κ2) is 9.06. The number of nitrogens with one attached hydrogen (secondary N) is 2. The quantitative estimate of drug-likeness (QED) is 0.470. The van der Waals surface area contributed by atoms with E-state index in [2.05, 4.69) is 25.7 Å². The number of hydrogen-bond acceptors (Lipinski definition) is 5. The standard InChI is InChI=1S/C21H18ClF3N6OS/c1-11(29-19(32)13-6-14(21(23,24)25)8-15(22)7-13)18-27-10-28-31(18)17-5-4-16(9-26-17)30-20(33)12-2-3-12/h4-12H,2-3H2,1H3,(H,29,32)(H,30,33). The maximum absolute atomic E-state index is 13.0. The van der Waals surface area contributed by atoms with Crippen LogP contribution in [0.15, 0.2) is 42.9 Å². The predicted octanol–water partition coefficient (Wildman–Crippen LogP) is 4.97. The van der Waals surface area contributed by atoms with Crippen molar-refractivity contribution in [3.05, 3.63) is 64.8 Å². The molecular weight excluding hydrogens is 477 g/mol. The van der Waals surface area contributed by atoms with E-state index in [1.165, 1.54) is 17.1 Å². The molecule has 1 fully saturated rings. The molecule has 3 aromatic rings. The van der Waals surface area contributed by atoms with Crippen molar-refractivity contribution in [3.8, 4) is 5.82 Å². The molecule has 1 aromatic carbocycles. The number of aromatic nitrogens is 4. The number of carbonyl (C=O) groups is 1. The van der Waals surface area contributed by atoms with Crippen molar-refractivity contribution in [2.45, 2.75) is 32.0 Å². The van der Waals surface area contributed by atoms with Gasteiger partial charge in [-0.2, -0.15) is 23.0 Å². The highest BCUT2D eigenvalue weighted by atomic mass is 35.5. The lowest BCUT2D eigenvalue weighted by molar-refractivity contribution is -0.137. The Labute approximate surface area is 197 Å². The maximum atomic E-state index is 13.0. The molecule has 1 aliphatic rings. The molecule has 1 aliphatic carbocycles. The zero-order valence-electron chi connectivity index (χ0n) is 17.2. The Morgan fingerprint density at radius 2 is 2.00 bits per heavy atom. The summed E-state index contributed by atoms with van der Waals surface area (Å²) < 4.78 is 40.6. The van der Waals surface area contributed by atoms with Gasteiger partial charge in [0.25, 0.3) is 5.91 Å². The molecule has 172 valence electrons. The van der Waals surface area contributed by atoms with Gasteiger partial charge in [-0.05, 0) is 50.1 Å². The molecule has 0 aliphatic heterocycles. The fraction of sp³-hybridized carbons (Fsp3) is 0.286. The molecule has 0 radical (unpaired) electrons. The second-order valence-electron chi connectivity index (χ2n) is 7.62. The zero-order valence-corrected chi connectivity index (χ0v) is 18.8. The van der Waals surface area contributed by atoms with Crippen LogP contribution in [-0.4, -0.2) is 30.6 Å². The third-order valence-electron chi connectivity index (χ3n) is 4.98. The maximum Gasteiger partial charge on any atom is 0.416 e. The van der Waals surface area contributed by atoms with Crippen LogP contribution in [0.3, 0.4) is 0 Å². The molecule has 2 N–H and O–H groups in total. The van der Waals surface area contributed by atoms with Crippen molar-refractivity contribution in [2.75, 3.05) is 5.32 Å². The van der Waals surface area contributed by atoms with Crippen molar-refractivity contribution in [1.82, 2.24) is 25.1 Å². The Bertz CT molecular complexity index is 1190. The van der Waals surface area contributed by atoms with Crippen molar-refractivity contribution >= 4 is 40.4 Å². The summed E-state index contributed by atoms with van der Waals surface area (Å²) in [6, 6.07) is 5.52. The monoisotopic (exact) mass is 494 g/mol. The van der Waals surface area contributed by atoms with E-state index in [0.29, 0.717) is 17.6 Å². The van der Waals surface area contributed by atoms with Gasteiger partial charge in [0.05, 0.1) is 28.5 Å². The fourth-order valence-corrected chi connectivity index (χ4v) is 3.71. The number of hydrogen-bond donors (Lipinski definition) is 2. The number of pyridine rings is 1. The summed E-state index contributed by atoms with van der Waals surface area (Å²) >= 11 is 11.1. The third-order valence-corrected chi connectivity index (χ3v) is 5.63. The van der Waals surface area contributed by atoms with Crippen LogP contribution < -0.4 is 10.6 Å². The Kier molecular flexibility index (Phi) is 6.35. The van der Waals surface area contributed by atoms with E-state index < -0.39 is 23.7 Å². The molecule has 2 heterocycles. The number of anilines is 1. The molecular formula is C21H18ClF3N6OS. The summed E-state index contributed by atoms with van der Waals surface area (Å²) in [5, 5.41) is 9.74. The average Bonchev–Trinajstić information content (AvgIpc) is 3.50. The first-order valence-electron chi connectivity index (χ1n) is 9.97. The lowest BCUT2D eigenvalue weighted by atomic mass is 10.1. The van der Waals surface area contributed by atoms with Crippen LogP contribution in [0.5, 0.6) is 0 Å². The molecule has 2 aromatic heterocycles. The number of benzene rings is 1. The van der Waals surface area contributed by atoms with E-state index in [1.807, 2.05) is 0 Å². The van der Waals surface area contributed by atoms with Gasteiger partial charge in [-0.25, -0.2) is 9.97 Å². The summed E-state index contributed by atoms with van der Waals surface area (Å²) in [6.07, 6.45) is 0.477. The Hall–Kier alpha value is -3.05. The topological polar surface area (TPSA) is 84.7 Å². The summed E-state index contributed by atoms with van der Waals surface area (Å²) in [5.41, 5.74) is -0.469. The van der Waals surface area contributed by atoms with Crippen LogP contribution in [0.2, 0.25) is 5.02 Å². The van der Waals surface area contributed by atoms with Gasteiger partial charge in [0.2, 0.25) is 0 Å². The number of halogens is 4. The minimum atomic E-state index is -4.62. The number of carbonyl (C=O) groups excluding carboxylic acids is 1. The van der Waals surface area contributed by atoms with Crippen LogP contribution in [0.4, 0.5) is 18.9 Å². The van der Waals surface area contributed by atoms with E-state index >= 15 is 0 Å². The highest BCUT2D eigenvalue weighted by molar-refractivity contribution is 7.80. The van der Waals surface area contributed by atoms with Crippen LogP contribution >= 0.6 is 23.8 Å². The van der Waals surface area contributed by atoms with Gasteiger partial charge in [-0.3, -0.25) is 4.79 Å². The molecule has 33 heavy (non-hydrogen) atoms. The predicted molar refractivity (Wildman–Crippen MR) is 120 cm³/mol. The highest BCUT2D eigenvalue weighted by Gasteiger charge is 2.32. The van der Waals surface area contributed by atoms with Gasteiger partial charge >= 0.3 is 6.18 Å². The minimum absolute atomic E-state index is 0.190. The minimum Gasteiger partial charge on any atom is -0.349 e. The summed E-state index contributed by atoms with van der Waals surface area (Å²) in [7, 11) is 0. The molecule has 7 nitrogen and oxygen atoms in total. The van der Waals surface area contributed by atoms with Crippen molar-refractivity contribution < 1.29 is 18.0 Å². The summed E-state index contributed by atoms with van der Waals surface area (Å²) in [5.74, 6) is 0.501. The fourth-order valence-electron chi connectivity index (χ4n) is 3.13. The van der Waals surface area contributed by atoms with Crippen LogP contribution in [0.1, 0.15) is 47.6 Å². The smallest absolute Gasteiger partial charge is 0.349 e. The van der Waals surface area contributed by atoms with Gasteiger partial charge in [-0.1, -0.05) is 23.8 Å². The molecule has 1 unspecified atom stereocenters. The number of rotatable bonds is 6. The van der Waals surface area contributed by atoms with E-state index in [4.69, 9.17) is 23.8 Å². The Morgan fingerprint density at radius 1 is 1.24 bits per heavy atom. The molecule has 1 amide bonds. The Balaban J connectivity index is 1.49. The van der Waals surface area contributed by atoms with Gasteiger partial charge in [0, 0.05) is 16.5 Å². The number of nitrogens with zero attached hydrogens (tertiary/aromatic N) is 4. The first-order chi connectivity index (χ1) is 15.6. The molecule has 0 spiro atoms. The zero-order chi connectivity index (χ0) is 23.8. The largest absolute Gasteiger partial charge is 0.416 e. The second-order valence-corrected chi connectivity index (χ2v) is 8.50. The average molecular weight is 495 g/mol. The summed E-state index contributed by atoms with van der Waals surface area (Å²) in [6.45, 7) is 1.64.